The molecule has 0 aliphatic heterocycles. The molecular formula is C11H14BFN2O4. The number of hydrogen-bond donors (Lipinski definition) is 3. The first kappa shape index (κ1) is 13.8. The second kappa shape index (κ2) is 5.14. The number of halogens is 1. The Morgan fingerprint density at radius 1 is 1.58 bits per heavy atom. The molecule has 1 aromatic heterocycles. The Bertz CT molecular complexity index is 494. The van der Waals surface area contributed by atoms with Crippen molar-refractivity contribution in [1.29, 1.82) is 0 Å². The highest BCUT2D eigenvalue weighted by Crippen LogP contribution is 2.38. The molecule has 0 unspecified atom stereocenters. The molecule has 102 valence electrons. The van der Waals surface area contributed by atoms with Crippen molar-refractivity contribution in [3.63, 3.8) is 0 Å². The van der Waals surface area contributed by atoms with Gasteiger partial charge in [-0.15, -0.1) is 0 Å². The molecule has 0 saturated heterocycles. The van der Waals surface area contributed by atoms with Gasteiger partial charge in [-0.1, -0.05) is 0 Å². The molecule has 6 nitrogen and oxygen atoms in total. The topological polar surface area (TPSA) is 91.7 Å². The number of nitrogens with one attached hydrogen (secondary N) is 1. The average Bonchev–Trinajstić information content (AvgIpc) is 3.13. The summed E-state index contributed by atoms with van der Waals surface area (Å²) in [5.74, 6) is -0.543. The lowest BCUT2D eigenvalue weighted by atomic mass is 9.85. The van der Waals surface area contributed by atoms with E-state index < -0.39 is 18.7 Å². The fourth-order valence-electron chi connectivity index (χ4n) is 1.57. The van der Waals surface area contributed by atoms with Gasteiger partial charge in [0.2, 0.25) is 5.88 Å². The number of rotatable bonds is 5. The van der Waals surface area contributed by atoms with E-state index in [0.717, 1.165) is 0 Å². The lowest BCUT2D eigenvalue weighted by Crippen LogP contribution is -2.35. The second-order valence-corrected chi connectivity index (χ2v) is 4.50. The highest BCUT2D eigenvalue weighted by Gasteiger charge is 2.43. The zero-order valence-electron chi connectivity index (χ0n) is 10.4. The molecule has 0 spiro atoms. The largest absolute Gasteiger partial charge is 0.508 e. The van der Waals surface area contributed by atoms with Crippen LogP contribution in [0.3, 0.4) is 0 Å². The maximum atomic E-state index is 13.4. The van der Waals surface area contributed by atoms with Gasteiger partial charge in [-0.25, -0.2) is 9.37 Å². The Kier molecular flexibility index (Phi) is 3.72. The molecule has 0 atom stereocenters. The number of amides is 1. The first-order valence-corrected chi connectivity index (χ1v) is 5.83. The summed E-state index contributed by atoms with van der Waals surface area (Å²) < 4.78 is 18.3. The predicted octanol–water partition coefficient (Wildman–Crippen LogP) is -0.998. The fraction of sp³-hybridized carbons (Fsp3) is 0.455. The van der Waals surface area contributed by atoms with Crippen LogP contribution in [-0.4, -0.2) is 47.4 Å². The number of nitrogens with zero attached hydrogens (tertiary/aromatic N) is 1. The second-order valence-electron chi connectivity index (χ2n) is 4.50. The normalized spacial score (nSPS) is 15.8. The molecule has 1 aliphatic rings. The SMILES string of the molecule is COc1nc(B(O)O)ccc1C(=O)NCC1(F)CC1. The summed E-state index contributed by atoms with van der Waals surface area (Å²) in [5, 5.41) is 20.4. The number of carbonyl (C=O) groups excluding carboxylic acids is 1. The molecule has 1 aromatic rings. The van der Waals surface area contributed by atoms with Gasteiger partial charge >= 0.3 is 7.12 Å². The molecule has 0 radical (unpaired) electrons. The number of aromatic nitrogens is 1. The zero-order chi connectivity index (χ0) is 14.0. The molecule has 1 aliphatic carbocycles. The smallest absolute Gasteiger partial charge is 0.480 e. The Morgan fingerprint density at radius 3 is 2.79 bits per heavy atom. The van der Waals surface area contributed by atoms with Crippen molar-refractivity contribution >= 4 is 18.6 Å². The number of alkyl halides is 1. The summed E-state index contributed by atoms with van der Waals surface area (Å²) in [6, 6.07) is 2.65. The molecule has 1 saturated carbocycles. The third-order valence-corrected chi connectivity index (χ3v) is 2.94. The Balaban J connectivity index is 2.11. The van der Waals surface area contributed by atoms with Crippen LogP contribution in [0.2, 0.25) is 0 Å². The van der Waals surface area contributed by atoms with Crippen LogP contribution in [-0.2, 0) is 0 Å². The first-order chi connectivity index (χ1) is 8.95. The van der Waals surface area contributed by atoms with E-state index in [9.17, 15) is 9.18 Å². The van der Waals surface area contributed by atoms with E-state index in [0.29, 0.717) is 12.8 Å². The molecule has 1 fully saturated rings. The fourth-order valence-corrected chi connectivity index (χ4v) is 1.57. The van der Waals surface area contributed by atoms with E-state index >= 15 is 0 Å². The minimum Gasteiger partial charge on any atom is -0.480 e. The molecule has 3 N–H and O–H groups in total. The highest BCUT2D eigenvalue weighted by molar-refractivity contribution is 6.57. The molecule has 0 aromatic carbocycles. The van der Waals surface area contributed by atoms with Gasteiger partial charge in [-0.3, -0.25) is 4.79 Å². The van der Waals surface area contributed by atoms with Gasteiger partial charge in [-0.2, -0.15) is 0 Å². The van der Waals surface area contributed by atoms with E-state index in [-0.39, 0.29) is 23.6 Å². The van der Waals surface area contributed by atoms with E-state index in [2.05, 4.69) is 10.3 Å². The zero-order valence-corrected chi connectivity index (χ0v) is 10.4. The van der Waals surface area contributed by atoms with Gasteiger partial charge in [0.05, 0.1) is 19.2 Å². The highest BCUT2D eigenvalue weighted by atomic mass is 19.1. The van der Waals surface area contributed by atoms with Crippen molar-refractivity contribution < 1.29 is 24.0 Å². The van der Waals surface area contributed by atoms with Crippen molar-refractivity contribution in [2.45, 2.75) is 18.5 Å². The summed E-state index contributed by atoms with van der Waals surface area (Å²) in [6.45, 7) is -0.0423. The van der Waals surface area contributed by atoms with Crippen molar-refractivity contribution in [3.05, 3.63) is 17.7 Å². The Hall–Kier alpha value is -1.67. The van der Waals surface area contributed by atoms with Crippen LogP contribution < -0.4 is 15.6 Å². The molecule has 8 heteroatoms. The maximum absolute atomic E-state index is 13.4. The summed E-state index contributed by atoms with van der Waals surface area (Å²) in [7, 11) is -0.434. The standard InChI is InChI=1S/C11H14BFN2O4/c1-19-10-7(2-3-8(15-10)12(17)18)9(16)14-6-11(13)4-5-11/h2-3,17-18H,4-6H2,1H3,(H,14,16). The van der Waals surface area contributed by atoms with Crippen LogP contribution in [0.5, 0.6) is 5.88 Å². The van der Waals surface area contributed by atoms with Crippen LogP contribution in [0.25, 0.3) is 0 Å². The first-order valence-electron chi connectivity index (χ1n) is 5.83. The van der Waals surface area contributed by atoms with Crippen molar-refractivity contribution in [3.8, 4) is 5.88 Å². The minimum absolute atomic E-state index is 0.0300. The molecular weight excluding hydrogens is 254 g/mol. The summed E-state index contributed by atoms with van der Waals surface area (Å²) in [4.78, 5) is 15.7. The van der Waals surface area contributed by atoms with Crippen LogP contribution >= 0.6 is 0 Å². The van der Waals surface area contributed by atoms with Crippen LogP contribution in [0.1, 0.15) is 23.2 Å². The predicted molar refractivity (Wildman–Crippen MR) is 66.0 cm³/mol. The Labute approximate surface area is 109 Å². The summed E-state index contributed by atoms with van der Waals surface area (Å²) >= 11 is 0. The summed E-state index contributed by atoms with van der Waals surface area (Å²) in [6.07, 6.45) is 0.913. The number of hydrogen-bond acceptors (Lipinski definition) is 5. The lowest BCUT2D eigenvalue weighted by molar-refractivity contribution is 0.0934. The minimum atomic E-state index is -1.74. The van der Waals surface area contributed by atoms with Gasteiger partial charge in [0.25, 0.3) is 5.91 Å². The van der Waals surface area contributed by atoms with Gasteiger partial charge in [0.1, 0.15) is 11.2 Å². The Morgan fingerprint density at radius 2 is 2.26 bits per heavy atom. The van der Waals surface area contributed by atoms with Crippen molar-refractivity contribution in [1.82, 2.24) is 10.3 Å². The van der Waals surface area contributed by atoms with Gasteiger partial charge in [-0.05, 0) is 25.0 Å². The van der Waals surface area contributed by atoms with Crippen molar-refractivity contribution in [2.75, 3.05) is 13.7 Å². The molecule has 1 amide bonds. The van der Waals surface area contributed by atoms with Gasteiger partial charge < -0.3 is 20.1 Å². The molecule has 19 heavy (non-hydrogen) atoms. The van der Waals surface area contributed by atoms with Crippen molar-refractivity contribution in [2.24, 2.45) is 0 Å². The van der Waals surface area contributed by atoms with Crippen LogP contribution in [0.4, 0.5) is 4.39 Å². The van der Waals surface area contributed by atoms with E-state index in [1.807, 2.05) is 0 Å². The summed E-state index contributed by atoms with van der Waals surface area (Å²) in [5.41, 5.74) is -1.19. The van der Waals surface area contributed by atoms with Crippen LogP contribution in [0, 0.1) is 0 Å². The maximum Gasteiger partial charge on any atom is 0.508 e. The molecule has 2 rings (SSSR count). The number of pyridine rings is 1. The number of carbonyl (C=O) groups is 1. The van der Waals surface area contributed by atoms with E-state index in [1.165, 1.54) is 19.2 Å². The third kappa shape index (κ3) is 3.21. The monoisotopic (exact) mass is 268 g/mol. The average molecular weight is 268 g/mol. The molecule has 1 heterocycles. The van der Waals surface area contributed by atoms with E-state index in [4.69, 9.17) is 14.8 Å². The van der Waals surface area contributed by atoms with Crippen LogP contribution in [0.15, 0.2) is 12.1 Å². The third-order valence-electron chi connectivity index (χ3n) is 2.94. The lowest BCUT2D eigenvalue weighted by Gasteiger charge is -2.11. The quantitative estimate of drug-likeness (QED) is 0.596. The number of methoxy groups -OCH3 is 1. The molecule has 0 bridgehead atoms. The van der Waals surface area contributed by atoms with Gasteiger partial charge in [0, 0.05) is 0 Å². The van der Waals surface area contributed by atoms with E-state index in [1.54, 1.807) is 0 Å². The number of ether oxygens (including phenoxy) is 1. The van der Waals surface area contributed by atoms with Gasteiger partial charge in [0.15, 0.2) is 0 Å².